The Morgan fingerprint density at radius 1 is 0.574 bits per heavy atom. The van der Waals surface area contributed by atoms with E-state index in [0.717, 1.165) is 104 Å². The number of benzene rings is 1. The Kier molecular flexibility index (Phi) is 38.5. The van der Waals surface area contributed by atoms with Crippen LogP contribution in [0.2, 0.25) is 0 Å². The SMILES string of the molecule is CCCCCCCCCCCCCCCCOC(COC[C@]1(C)CCc2c(C)c(O)c(C)c(C)c2O1)OCc1cn(CCCCCCCCCCCCCCCCSC[C@H]2O[C@@H](O[C@@H]3[C@@H](O)[C@H](N)C[C@H](N)[C@H]3O[C@H]3O[C@H](CN)[C@@H](O)[C@H](O)[C@H]3N)[C@H](O)[C@@H]2O[C@H]2O[C@@H](CN)[C@@H](O)[C@H](O)[C@H]2N)nn1. The second kappa shape index (κ2) is 45.3. The molecule has 4 aliphatic heterocycles. The fraction of sp³-hybridized carbons (Fsp3) is 0.892. The second-order valence-electron chi connectivity index (χ2n) is 29.9. The zero-order chi connectivity index (χ0) is 72.8. The summed E-state index contributed by atoms with van der Waals surface area (Å²) in [5.74, 6) is 2.40. The third-order valence-electron chi connectivity index (χ3n) is 21.5. The summed E-state index contributed by atoms with van der Waals surface area (Å²) in [6.45, 7) is 12.4. The van der Waals surface area contributed by atoms with Gasteiger partial charge in [-0.05, 0) is 88.7 Å². The van der Waals surface area contributed by atoms with E-state index in [1.54, 1.807) is 11.8 Å². The predicted octanol–water partition coefficient (Wildman–Crippen LogP) is 6.37. The predicted molar refractivity (Wildman–Crippen MR) is 389 cm³/mol. The third kappa shape index (κ3) is 26.4. The highest BCUT2D eigenvalue weighted by atomic mass is 32.2. The number of phenols is 1. The minimum absolute atomic E-state index is 0.114. The highest BCUT2D eigenvalue weighted by molar-refractivity contribution is 7.99. The molecule has 3 saturated heterocycles. The van der Waals surface area contributed by atoms with Crippen molar-refractivity contribution in [1.82, 2.24) is 15.0 Å². The number of aliphatic hydroxyl groups excluding tert-OH is 6. The van der Waals surface area contributed by atoms with E-state index in [0.29, 0.717) is 24.7 Å². The molecule has 1 aliphatic carbocycles. The van der Waals surface area contributed by atoms with Crippen molar-refractivity contribution in [2.75, 3.05) is 44.4 Å². The Morgan fingerprint density at radius 3 is 1.63 bits per heavy atom. The van der Waals surface area contributed by atoms with Crippen LogP contribution in [0.5, 0.6) is 11.5 Å². The van der Waals surface area contributed by atoms with Gasteiger partial charge in [-0.15, -0.1) is 5.10 Å². The van der Waals surface area contributed by atoms with Crippen LogP contribution in [0.1, 0.15) is 234 Å². The van der Waals surface area contributed by atoms with Gasteiger partial charge in [-0.2, -0.15) is 11.8 Å². The van der Waals surface area contributed by atoms with Crippen LogP contribution in [-0.2, 0) is 62.2 Å². The molecule has 5 aliphatic rings. The molecule has 0 radical (unpaired) electrons. The monoisotopic (exact) mass is 1450 g/mol. The van der Waals surface area contributed by atoms with E-state index in [-0.39, 0.29) is 32.7 Å². The van der Waals surface area contributed by atoms with Crippen LogP contribution in [0.3, 0.4) is 0 Å². The Bertz CT molecular complexity index is 2590. The van der Waals surface area contributed by atoms with Crippen LogP contribution in [0.15, 0.2) is 6.20 Å². The normalized spacial score (nSPS) is 31.8. The van der Waals surface area contributed by atoms with Gasteiger partial charge in [0.25, 0.3) is 0 Å². The lowest BCUT2D eigenvalue weighted by atomic mass is 9.84. The van der Waals surface area contributed by atoms with Crippen molar-refractivity contribution in [3.05, 3.63) is 34.1 Å². The highest BCUT2D eigenvalue weighted by Crippen LogP contribution is 2.44. The second-order valence-corrected chi connectivity index (χ2v) is 31.0. The summed E-state index contributed by atoms with van der Waals surface area (Å²) < 4.78 is 64.6. The number of hydrogen-bond donors (Lipinski definition) is 13. The number of ether oxygens (including phenoxy) is 10. The van der Waals surface area contributed by atoms with Gasteiger partial charge in [0.2, 0.25) is 0 Å². The van der Waals surface area contributed by atoms with E-state index < -0.39 is 128 Å². The van der Waals surface area contributed by atoms with Crippen molar-refractivity contribution >= 4 is 11.8 Å². The molecule has 1 aromatic carbocycles. The minimum atomic E-state index is -1.49. The van der Waals surface area contributed by atoms with Crippen LogP contribution in [0, 0.1) is 20.8 Å². The molecule has 19 N–H and O–H groups in total. The van der Waals surface area contributed by atoms with Crippen molar-refractivity contribution in [2.24, 2.45) is 34.4 Å². The number of nitrogens with two attached hydrogens (primary N) is 6. The molecule has 0 amide bonds. The van der Waals surface area contributed by atoms with Gasteiger partial charge in [0.15, 0.2) is 25.2 Å². The number of unbranched alkanes of at least 4 members (excludes halogenated alkanes) is 26. The molecule has 1 saturated carbocycles. The Labute approximate surface area is 606 Å². The molecule has 0 bridgehead atoms. The van der Waals surface area contributed by atoms with E-state index in [4.69, 9.17) is 81.8 Å². The number of rotatable bonds is 50. The highest BCUT2D eigenvalue weighted by Gasteiger charge is 2.55. The summed E-state index contributed by atoms with van der Waals surface area (Å²) in [4.78, 5) is 0. The van der Waals surface area contributed by atoms with Crippen molar-refractivity contribution in [1.29, 1.82) is 0 Å². The maximum absolute atomic E-state index is 11.9. The first-order valence-corrected chi connectivity index (χ1v) is 40.1. The van der Waals surface area contributed by atoms with Gasteiger partial charge >= 0.3 is 0 Å². The standard InChI is InChI=1S/C74H135N9O17S/c1-6-7-8-9-10-11-12-13-17-20-23-26-29-32-37-92-57(44-91-46-74(5)35-34-51-49(4)60(84)47(2)48(3)67(51)100-74)93-43-50-42-83(82-81-50)36-31-28-25-22-19-16-14-15-18-21-24-27-30-33-38-101-45-56-69(98-72-59(80)65(89)63(87)55(41-76)95-72)66(90)73(96-56)99-70-61(85)52(77)39-53(78)68(70)97-71-58(79)64(88)62(86)54(40-75)94-71/h42,52-59,61-66,68-73,84-90H,6-41,43-46,75-80H2,1-5H3/t52-,53+,54-,55+,56-,57?,58-,59-,61+,62-,63-,64-,65-,66-,68-,69-,70-,71-,72-,73+,74+/m1/s1. The van der Waals surface area contributed by atoms with E-state index in [1.807, 2.05) is 31.6 Å². The quantitative estimate of drug-likeness (QED) is 0.0253. The first-order chi connectivity index (χ1) is 48.7. The van der Waals surface area contributed by atoms with E-state index in [9.17, 15) is 35.7 Å². The average molecular weight is 1460 g/mol. The maximum Gasteiger partial charge on any atom is 0.187 e. The summed E-state index contributed by atoms with van der Waals surface area (Å²) in [5.41, 5.74) is 41.1. The van der Waals surface area contributed by atoms with Crippen molar-refractivity contribution < 1.29 is 83.1 Å². The number of fused-ring (bicyclic) bond motifs is 1. The largest absolute Gasteiger partial charge is 0.507 e. The fourth-order valence-corrected chi connectivity index (χ4v) is 15.7. The number of aryl methyl sites for hydroxylation is 1. The molecule has 5 heterocycles. The molecule has 7 rings (SSSR count). The van der Waals surface area contributed by atoms with Crippen LogP contribution < -0.4 is 39.1 Å². The Hall–Kier alpha value is -2.53. The zero-order valence-corrected chi connectivity index (χ0v) is 62.7. The number of nitrogens with zero attached hydrogens (tertiary/aromatic N) is 3. The number of aromatic hydroxyl groups is 1. The van der Waals surface area contributed by atoms with Crippen molar-refractivity contribution in [2.45, 2.75) is 375 Å². The molecule has 27 heteroatoms. The molecule has 21 atom stereocenters. The molecule has 0 spiro atoms. The maximum atomic E-state index is 11.9. The summed E-state index contributed by atoms with van der Waals surface area (Å²) in [7, 11) is 0. The van der Waals surface area contributed by atoms with Gasteiger partial charge in [0.05, 0.1) is 50.3 Å². The average Bonchev–Trinajstić information content (AvgIpc) is 1.47. The van der Waals surface area contributed by atoms with Gasteiger partial charge in [0.1, 0.15) is 83.8 Å². The summed E-state index contributed by atoms with van der Waals surface area (Å²) in [6, 6.07) is -4.10. The molecular weight excluding hydrogens is 1320 g/mol. The molecule has 584 valence electrons. The van der Waals surface area contributed by atoms with Crippen molar-refractivity contribution in [3.8, 4) is 11.5 Å². The molecule has 26 nitrogen and oxygen atoms in total. The number of hydrogen-bond acceptors (Lipinski definition) is 26. The molecule has 1 aromatic heterocycles. The van der Waals surface area contributed by atoms with Gasteiger partial charge in [0, 0.05) is 49.6 Å². The fourth-order valence-electron chi connectivity index (χ4n) is 14.6. The van der Waals surface area contributed by atoms with Crippen LogP contribution >= 0.6 is 11.8 Å². The lowest BCUT2D eigenvalue weighted by Crippen LogP contribution is -2.68. The van der Waals surface area contributed by atoms with Crippen molar-refractivity contribution in [3.63, 3.8) is 0 Å². The topological polar surface area (TPSA) is 421 Å². The van der Waals surface area contributed by atoms with Gasteiger partial charge in [-0.1, -0.05) is 173 Å². The van der Waals surface area contributed by atoms with E-state index >= 15 is 0 Å². The minimum Gasteiger partial charge on any atom is -0.507 e. The Morgan fingerprint density at radius 2 is 1.08 bits per heavy atom. The van der Waals surface area contributed by atoms with E-state index in [2.05, 4.69) is 24.2 Å². The number of thioether (sulfide) groups is 1. The molecular formula is C74H135N9O17S. The molecule has 101 heavy (non-hydrogen) atoms. The molecule has 2 aromatic rings. The van der Waals surface area contributed by atoms with Crippen LogP contribution in [-0.4, -0.2) is 223 Å². The van der Waals surface area contributed by atoms with Crippen LogP contribution in [0.25, 0.3) is 0 Å². The smallest absolute Gasteiger partial charge is 0.187 e. The summed E-state index contributed by atoms with van der Waals surface area (Å²) in [6.07, 6.45) is 19.0. The molecule has 4 fully saturated rings. The first-order valence-electron chi connectivity index (χ1n) is 38.9. The summed E-state index contributed by atoms with van der Waals surface area (Å²) in [5, 5.41) is 85.4. The van der Waals surface area contributed by atoms with Gasteiger partial charge < -0.3 is 118 Å². The lowest BCUT2D eigenvalue weighted by molar-refractivity contribution is -0.306. The van der Waals surface area contributed by atoms with E-state index in [1.165, 1.54) is 135 Å². The number of aliphatic hydroxyl groups is 6. The molecule has 1 unspecified atom stereocenters. The van der Waals surface area contributed by atoms with Gasteiger partial charge in [-0.25, -0.2) is 0 Å². The number of phenolic OH excluding ortho intramolecular Hbond substituents is 1. The third-order valence-corrected chi connectivity index (χ3v) is 22.6. The Balaban J connectivity index is 0.744. The summed E-state index contributed by atoms with van der Waals surface area (Å²) >= 11 is 1.62. The van der Waals surface area contributed by atoms with Gasteiger partial charge in [-0.3, -0.25) is 4.68 Å². The number of aromatic nitrogens is 3. The zero-order valence-electron chi connectivity index (χ0n) is 61.8. The first kappa shape index (κ1) is 85.7. The van der Waals surface area contributed by atoms with Crippen LogP contribution in [0.4, 0.5) is 0 Å². The lowest BCUT2D eigenvalue weighted by Gasteiger charge is -2.47.